The Morgan fingerprint density at radius 1 is 1.24 bits per heavy atom. The lowest BCUT2D eigenvalue weighted by Gasteiger charge is -2.24. The quantitative estimate of drug-likeness (QED) is 0.841. The Morgan fingerprint density at radius 3 is 2.57 bits per heavy atom. The predicted molar refractivity (Wildman–Crippen MR) is 84.0 cm³/mol. The van der Waals surface area contributed by atoms with Gasteiger partial charge < -0.3 is 16.4 Å². The smallest absolute Gasteiger partial charge is 0.248 e. The Balaban J connectivity index is 2.31. The average molecular weight is 284 g/mol. The number of anilines is 1. The molecule has 0 saturated heterocycles. The van der Waals surface area contributed by atoms with Crippen molar-refractivity contribution in [3.05, 3.63) is 59.3 Å². The fraction of sp³-hybridized carbons (Fsp3) is 0.250. The molecule has 0 fully saturated rings. The number of hydrogen-bond donors (Lipinski definition) is 2. The van der Waals surface area contributed by atoms with Crippen LogP contribution < -0.4 is 16.4 Å². The number of carbonyl (C=O) groups is 1. The molecule has 0 aliphatic carbocycles. The van der Waals surface area contributed by atoms with E-state index < -0.39 is 5.91 Å². The van der Waals surface area contributed by atoms with Gasteiger partial charge in [0, 0.05) is 30.9 Å². The molecule has 21 heavy (non-hydrogen) atoms. The lowest BCUT2D eigenvalue weighted by molar-refractivity contribution is 0.1000. The standard InChI is InChI=1S/C16H20N4O/c1-12-9-14(16(18)21)10-15(19-12)20(8-7-17)11-13-5-3-2-4-6-13/h2-6,9-10H,7-8,11,17H2,1H3,(H2,18,21). The Morgan fingerprint density at radius 2 is 1.95 bits per heavy atom. The first-order valence-electron chi connectivity index (χ1n) is 6.87. The number of rotatable bonds is 6. The Hall–Kier alpha value is -2.40. The minimum atomic E-state index is -0.450. The van der Waals surface area contributed by atoms with E-state index in [1.165, 1.54) is 0 Å². The molecular weight excluding hydrogens is 264 g/mol. The second-order valence-electron chi connectivity index (χ2n) is 4.92. The van der Waals surface area contributed by atoms with Gasteiger partial charge in [-0.15, -0.1) is 0 Å². The molecule has 5 heteroatoms. The summed E-state index contributed by atoms with van der Waals surface area (Å²) in [5.74, 6) is 0.271. The summed E-state index contributed by atoms with van der Waals surface area (Å²) in [5, 5.41) is 0. The maximum Gasteiger partial charge on any atom is 0.248 e. The highest BCUT2D eigenvalue weighted by Crippen LogP contribution is 2.17. The monoisotopic (exact) mass is 284 g/mol. The van der Waals surface area contributed by atoms with Crippen LogP contribution >= 0.6 is 0 Å². The van der Waals surface area contributed by atoms with Crippen LogP contribution in [0.25, 0.3) is 0 Å². The molecule has 2 aromatic rings. The zero-order valence-corrected chi connectivity index (χ0v) is 12.1. The summed E-state index contributed by atoms with van der Waals surface area (Å²) in [7, 11) is 0. The van der Waals surface area contributed by atoms with E-state index in [1.807, 2.05) is 37.3 Å². The molecule has 5 nitrogen and oxygen atoms in total. The maximum atomic E-state index is 11.4. The van der Waals surface area contributed by atoms with Crippen molar-refractivity contribution in [3.8, 4) is 0 Å². The van der Waals surface area contributed by atoms with Crippen molar-refractivity contribution in [2.45, 2.75) is 13.5 Å². The van der Waals surface area contributed by atoms with Crippen molar-refractivity contribution in [3.63, 3.8) is 0 Å². The zero-order chi connectivity index (χ0) is 15.2. The third-order valence-corrected chi connectivity index (χ3v) is 3.16. The van der Waals surface area contributed by atoms with Gasteiger partial charge in [0.15, 0.2) is 0 Å². The number of benzene rings is 1. The van der Waals surface area contributed by atoms with Crippen molar-refractivity contribution in [2.75, 3.05) is 18.0 Å². The molecule has 0 saturated carbocycles. The van der Waals surface area contributed by atoms with Crippen LogP contribution in [0.4, 0.5) is 5.82 Å². The molecule has 4 N–H and O–H groups in total. The first-order valence-corrected chi connectivity index (χ1v) is 6.87. The Bertz CT molecular complexity index is 613. The molecule has 1 heterocycles. The van der Waals surface area contributed by atoms with E-state index in [0.29, 0.717) is 25.2 Å². The highest BCUT2D eigenvalue weighted by molar-refractivity contribution is 5.93. The summed E-state index contributed by atoms with van der Waals surface area (Å²) in [4.78, 5) is 17.9. The molecule has 1 aromatic carbocycles. The van der Waals surface area contributed by atoms with Crippen molar-refractivity contribution in [2.24, 2.45) is 11.5 Å². The molecule has 1 aromatic heterocycles. The van der Waals surface area contributed by atoms with E-state index in [-0.39, 0.29) is 0 Å². The molecule has 0 spiro atoms. The van der Waals surface area contributed by atoms with Gasteiger partial charge in [-0.05, 0) is 24.6 Å². The minimum absolute atomic E-state index is 0.450. The van der Waals surface area contributed by atoms with E-state index in [0.717, 1.165) is 17.1 Å². The van der Waals surface area contributed by atoms with Crippen LogP contribution in [-0.4, -0.2) is 24.0 Å². The fourth-order valence-electron chi connectivity index (χ4n) is 2.19. The maximum absolute atomic E-state index is 11.4. The van der Waals surface area contributed by atoms with Crippen LogP contribution in [0.15, 0.2) is 42.5 Å². The SMILES string of the molecule is Cc1cc(C(N)=O)cc(N(CCN)Cc2ccccc2)n1. The Labute approximate surface area is 124 Å². The number of amides is 1. The lowest BCUT2D eigenvalue weighted by atomic mass is 10.2. The molecule has 0 aliphatic rings. The van der Waals surface area contributed by atoms with Gasteiger partial charge in [-0.2, -0.15) is 0 Å². The molecule has 2 rings (SSSR count). The van der Waals surface area contributed by atoms with Gasteiger partial charge in [-0.1, -0.05) is 30.3 Å². The summed E-state index contributed by atoms with van der Waals surface area (Å²) >= 11 is 0. The summed E-state index contributed by atoms with van der Waals surface area (Å²) < 4.78 is 0. The number of aromatic nitrogens is 1. The summed E-state index contributed by atoms with van der Waals surface area (Å²) in [6, 6.07) is 13.5. The van der Waals surface area contributed by atoms with Crippen molar-refractivity contribution in [1.82, 2.24) is 4.98 Å². The van der Waals surface area contributed by atoms with Crippen molar-refractivity contribution in [1.29, 1.82) is 0 Å². The molecule has 0 aliphatic heterocycles. The van der Waals surface area contributed by atoms with E-state index >= 15 is 0 Å². The molecular formula is C16H20N4O. The molecule has 110 valence electrons. The van der Waals surface area contributed by atoms with Gasteiger partial charge in [-0.3, -0.25) is 4.79 Å². The average Bonchev–Trinajstić information content (AvgIpc) is 2.47. The minimum Gasteiger partial charge on any atom is -0.366 e. The second-order valence-corrected chi connectivity index (χ2v) is 4.92. The first-order chi connectivity index (χ1) is 10.1. The number of hydrogen-bond acceptors (Lipinski definition) is 4. The highest BCUT2D eigenvalue weighted by atomic mass is 16.1. The molecule has 0 radical (unpaired) electrons. The van der Waals surface area contributed by atoms with Gasteiger partial charge in [-0.25, -0.2) is 4.98 Å². The van der Waals surface area contributed by atoms with Crippen molar-refractivity contribution < 1.29 is 4.79 Å². The first kappa shape index (κ1) is 15.0. The number of nitrogens with two attached hydrogens (primary N) is 2. The van der Waals surface area contributed by atoms with Crippen LogP contribution in [0.5, 0.6) is 0 Å². The van der Waals surface area contributed by atoms with Crippen molar-refractivity contribution >= 4 is 11.7 Å². The van der Waals surface area contributed by atoms with E-state index in [9.17, 15) is 4.79 Å². The zero-order valence-electron chi connectivity index (χ0n) is 12.1. The number of carbonyl (C=O) groups excluding carboxylic acids is 1. The van der Waals surface area contributed by atoms with E-state index in [2.05, 4.69) is 9.88 Å². The van der Waals surface area contributed by atoms with Gasteiger partial charge in [0.1, 0.15) is 5.82 Å². The number of primary amides is 1. The van der Waals surface area contributed by atoms with Crippen LogP contribution in [-0.2, 0) is 6.54 Å². The van der Waals surface area contributed by atoms with E-state index in [4.69, 9.17) is 11.5 Å². The number of pyridine rings is 1. The van der Waals surface area contributed by atoms with Gasteiger partial charge in [0.2, 0.25) is 5.91 Å². The summed E-state index contributed by atoms with van der Waals surface area (Å²) in [5.41, 5.74) is 13.5. The van der Waals surface area contributed by atoms with Crippen LogP contribution in [0.3, 0.4) is 0 Å². The van der Waals surface area contributed by atoms with Gasteiger partial charge in [0.25, 0.3) is 0 Å². The fourth-order valence-corrected chi connectivity index (χ4v) is 2.19. The number of aryl methyl sites for hydroxylation is 1. The summed E-state index contributed by atoms with van der Waals surface area (Å²) in [6.45, 7) is 3.70. The second kappa shape index (κ2) is 6.85. The lowest BCUT2D eigenvalue weighted by Crippen LogP contribution is -2.30. The third kappa shape index (κ3) is 4.03. The Kier molecular flexibility index (Phi) is 4.90. The van der Waals surface area contributed by atoms with Gasteiger partial charge in [0.05, 0.1) is 0 Å². The van der Waals surface area contributed by atoms with Crippen LogP contribution in [0.1, 0.15) is 21.6 Å². The molecule has 0 bridgehead atoms. The molecule has 1 amide bonds. The number of nitrogens with zero attached hydrogens (tertiary/aromatic N) is 2. The largest absolute Gasteiger partial charge is 0.366 e. The van der Waals surface area contributed by atoms with E-state index in [1.54, 1.807) is 12.1 Å². The van der Waals surface area contributed by atoms with Gasteiger partial charge >= 0.3 is 0 Å². The molecule has 0 atom stereocenters. The molecule has 0 unspecified atom stereocenters. The predicted octanol–water partition coefficient (Wildman–Crippen LogP) is 1.45. The third-order valence-electron chi connectivity index (χ3n) is 3.16. The topological polar surface area (TPSA) is 85.2 Å². The summed E-state index contributed by atoms with van der Waals surface area (Å²) in [6.07, 6.45) is 0. The van der Waals surface area contributed by atoms with Crippen LogP contribution in [0.2, 0.25) is 0 Å². The normalized spacial score (nSPS) is 10.4. The van der Waals surface area contributed by atoms with Crippen LogP contribution in [0, 0.1) is 6.92 Å². The highest BCUT2D eigenvalue weighted by Gasteiger charge is 2.12.